The predicted molar refractivity (Wildman–Crippen MR) is 286 cm³/mol. The molecule has 2 aliphatic heterocycles. The van der Waals surface area contributed by atoms with Crippen LogP contribution in [0.1, 0.15) is 132 Å². The SMILES string of the molecule is CC(C)(C)c1ccc(N2c3ccc(C(C)(C)C)cc3B3c4c2c2c5cc(C(C)(C)C)ccc5n5c6sccc6c(c4-n4c6ccc(C(C)(C)C)cc6c6cc(C(C)(C)C)cc3c64)c25)cc1. The lowest BCUT2D eigenvalue weighted by Crippen LogP contribution is -2.61. The second-order valence-corrected chi connectivity index (χ2v) is 25.7. The zero-order valence-corrected chi connectivity index (χ0v) is 42.0. The Bertz CT molecular complexity index is 3670. The average Bonchev–Trinajstić information content (AvgIpc) is 3.98. The fourth-order valence-electron chi connectivity index (χ4n) is 11.6. The second kappa shape index (κ2) is 12.7. The summed E-state index contributed by atoms with van der Waals surface area (Å²) in [7, 11) is 0. The van der Waals surface area contributed by atoms with Crippen molar-refractivity contribution < 1.29 is 0 Å². The van der Waals surface area contributed by atoms with Crippen molar-refractivity contribution in [3.8, 4) is 5.69 Å². The minimum atomic E-state index is -0.0597. The number of thiophene rings is 1. The van der Waals surface area contributed by atoms with Crippen LogP contribution in [0.3, 0.4) is 0 Å². The van der Waals surface area contributed by atoms with Crippen molar-refractivity contribution in [1.82, 2.24) is 8.97 Å². The maximum atomic E-state index is 2.73. The average molecular weight is 868 g/mol. The van der Waals surface area contributed by atoms with Crippen LogP contribution in [0.15, 0.2) is 102 Å². The van der Waals surface area contributed by atoms with Crippen LogP contribution in [0.2, 0.25) is 0 Å². The molecule has 4 aromatic heterocycles. The molecule has 0 aliphatic carbocycles. The summed E-state index contributed by atoms with van der Waals surface area (Å²) in [5.41, 5.74) is 21.4. The van der Waals surface area contributed by atoms with Crippen LogP contribution in [-0.2, 0) is 27.1 Å². The van der Waals surface area contributed by atoms with Gasteiger partial charge in [-0.15, -0.1) is 11.3 Å². The molecule has 0 spiro atoms. The molecule has 5 heteroatoms. The van der Waals surface area contributed by atoms with Gasteiger partial charge in [0.1, 0.15) is 4.83 Å². The van der Waals surface area contributed by atoms with Gasteiger partial charge >= 0.3 is 0 Å². The summed E-state index contributed by atoms with van der Waals surface area (Å²) in [5, 5.41) is 10.4. The summed E-state index contributed by atoms with van der Waals surface area (Å²) in [4.78, 5) is 4.01. The minimum Gasteiger partial charge on any atom is -0.311 e. The minimum absolute atomic E-state index is 0.00127. The van der Waals surface area contributed by atoms with Gasteiger partial charge in [-0.2, -0.15) is 0 Å². The molecular weight excluding hydrogens is 806 g/mol. The molecule has 0 radical (unpaired) electrons. The first kappa shape index (κ1) is 41.0. The number of hydrogen-bond donors (Lipinski definition) is 0. The number of benzene rings is 6. The van der Waals surface area contributed by atoms with E-state index in [2.05, 4.69) is 220 Å². The molecule has 10 aromatic rings. The van der Waals surface area contributed by atoms with E-state index in [0.717, 1.165) is 0 Å². The van der Waals surface area contributed by atoms with Crippen LogP contribution < -0.4 is 21.3 Å². The van der Waals surface area contributed by atoms with Crippen LogP contribution in [0.5, 0.6) is 0 Å². The summed E-state index contributed by atoms with van der Waals surface area (Å²) < 4.78 is 5.37. The van der Waals surface area contributed by atoms with Crippen molar-refractivity contribution >= 4 is 111 Å². The first-order valence-electron chi connectivity index (χ1n) is 23.9. The lowest BCUT2D eigenvalue weighted by molar-refractivity contribution is 0.590. The Morgan fingerprint density at radius 2 is 0.954 bits per heavy atom. The zero-order valence-electron chi connectivity index (χ0n) is 41.1. The van der Waals surface area contributed by atoms with Gasteiger partial charge in [-0.1, -0.05) is 146 Å². The highest BCUT2D eigenvalue weighted by Gasteiger charge is 2.46. The van der Waals surface area contributed by atoms with Crippen LogP contribution in [0.4, 0.5) is 17.1 Å². The van der Waals surface area contributed by atoms with Crippen LogP contribution in [-0.4, -0.2) is 15.7 Å². The molecule has 0 bridgehead atoms. The van der Waals surface area contributed by atoms with Crippen molar-refractivity contribution in [3.05, 3.63) is 130 Å². The molecular formula is C60H62BN3S. The Morgan fingerprint density at radius 1 is 0.431 bits per heavy atom. The Balaban J connectivity index is 1.38. The maximum Gasteiger partial charge on any atom is 0.252 e. The van der Waals surface area contributed by atoms with Gasteiger partial charge in [0, 0.05) is 49.2 Å². The molecule has 6 aromatic carbocycles. The largest absolute Gasteiger partial charge is 0.311 e. The van der Waals surface area contributed by atoms with E-state index in [9.17, 15) is 0 Å². The highest BCUT2D eigenvalue weighted by atomic mass is 32.1. The molecule has 0 saturated heterocycles. The third kappa shape index (κ3) is 5.54. The maximum absolute atomic E-state index is 2.73. The number of hydrogen-bond acceptors (Lipinski definition) is 2. The molecule has 0 saturated carbocycles. The molecule has 0 amide bonds. The summed E-state index contributed by atoms with van der Waals surface area (Å²) in [6, 6.07) is 39.3. The molecule has 2 aliphatic rings. The molecule has 326 valence electrons. The highest BCUT2D eigenvalue weighted by molar-refractivity contribution is 7.17. The monoisotopic (exact) mass is 867 g/mol. The Labute approximate surface area is 389 Å². The summed E-state index contributed by atoms with van der Waals surface area (Å²) in [6.45, 7) is 35.4. The lowest BCUT2D eigenvalue weighted by Gasteiger charge is -2.42. The van der Waals surface area contributed by atoms with Gasteiger partial charge in [-0.05, 0) is 131 Å². The van der Waals surface area contributed by atoms with Crippen molar-refractivity contribution in [3.63, 3.8) is 0 Å². The van der Waals surface area contributed by atoms with Crippen molar-refractivity contribution in [1.29, 1.82) is 0 Å². The van der Waals surface area contributed by atoms with Gasteiger partial charge in [0.25, 0.3) is 6.71 Å². The summed E-state index contributed by atoms with van der Waals surface area (Å²) in [5.74, 6) is 0. The molecule has 0 N–H and O–H groups in total. The van der Waals surface area contributed by atoms with E-state index in [0.29, 0.717) is 0 Å². The highest BCUT2D eigenvalue weighted by Crippen LogP contribution is 2.53. The first-order valence-corrected chi connectivity index (χ1v) is 24.8. The molecule has 3 nitrogen and oxygen atoms in total. The van der Waals surface area contributed by atoms with Crippen molar-refractivity contribution in [2.45, 2.75) is 131 Å². The van der Waals surface area contributed by atoms with E-state index in [1.165, 1.54) is 126 Å². The quantitative estimate of drug-likeness (QED) is 0.150. The van der Waals surface area contributed by atoms with E-state index in [-0.39, 0.29) is 33.8 Å². The van der Waals surface area contributed by atoms with E-state index in [4.69, 9.17) is 0 Å². The number of anilines is 3. The molecule has 0 fully saturated rings. The Kier molecular flexibility index (Phi) is 7.99. The van der Waals surface area contributed by atoms with Gasteiger partial charge in [-0.25, -0.2) is 0 Å². The molecule has 12 rings (SSSR count). The Hall–Kier alpha value is -5.52. The smallest absolute Gasteiger partial charge is 0.252 e. The molecule has 0 atom stereocenters. The van der Waals surface area contributed by atoms with Crippen LogP contribution in [0, 0.1) is 0 Å². The van der Waals surface area contributed by atoms with Gasteiger partial charge in [0.15, 0.2) is 0 Å². The lowest BCUT2D eigenvalue weighted by atomic mass is 9.33. The molecule has 65 heavy (non-hydrogen) atoms. The Morgan fingerprint density at radius 3 is 1.58 bits per heavy atom. The topological polar surface area (TPSA) is 12.6 Å². The number of nitrogens with zero attached hydrogens (tertiary/aromatic N) is 3. The third-order valence-corrected chi connectivity index (χ3v) is 16.2. The van der Waals surface area contributed by atoms with Crippen LogP contribution in [0.25, 0.3) is 64.9 Å². The zero-order chi connectivity index (χ0) is 45.8. The van der Waals surface area contributed by atoms with Gasteiger partial charge < -0.3 is 9.47 Å². The number of aromatic nitrogens is 2. The number of rotatable bonds is 1. The van der Waals surface area contributed by atoms with E-state index >= 15 is 0 Å². The predicted octanol–water partition coefficient (Wildman–Crippen LogP) is 15.1. The van der Waals surface area contributed by atoms with Crippen molar-refractivity contribution in [2.75, 3.05) is 4.90 Å². The van der Waals surface area contributed by atoms with E-state index in [1.807, 2.05) is 11.3 Å². The summed E-state index contributed by atoms with van der Waals surface area (Å²) in [6.07, 6.45) is 0. The fourth-order valence-corrected chi connectivity index (χ4v) is 12.5. The molecule has 6 heterocycles. The van der Waals surface area contributed by atoms with E-state index < -0.39 is 0 Å². The number of fused-ring (bicyclic) bond motifs is 15. The normalized spacial score (nSPS) is 14.6. The van der Waals surface area contributed by atoms with E-state index in [1.54, 1.807) is 0 Å². The van der Waals surface area contributed by atoms with Crippen molar-refractivity contribution in [2.24, 2.45) is 0 Å². The summed E-state index contributed by atoms with van der Waals surface area (Å²) >= 11 is 1.88. The fraction of sp³-hybridized carbons (Fsp3) is 0.333. The third-order valence-electron chi connectivity index (χ3n) is 15.3. The van der Waals surface area contributed by atoms with Gasteiger partial charge in [0.05, 0.1) is 27.9 Å². The van der Waals surface area contributed by atoms with Gasteiger partial charge in [0.2, 0.25) is 0 Å². The molecule has 0 unspecified atom stereocenters. The van der Waals surface area contributed by atoms with Gasteiger partial charge in [-0.3, -0.25) is 4.40 Å². The first-order chi connectivity index (χ1) is 30.4. The second-order valence-electron chi connectivity index (χ2n) is 24.8. The standard InChI is InChI=1S/C60H62BN3S/c1-56(2,3)33-16-21-38(22-17-33)62-47-25-20-36(59(10,11)12)31-43(47)61-44-32-37(60(13,14)15)30-41-40-28-34(57(4,5)6)18-23-45(40)63(51(41)44)54-48-39-26-27-65-55(39)64-46-24-19-35(58(7,8)9)29-42(46)49(52(48)64)53(62)50(54)61/h16-32H,1-15H3. The van der Waals surface area contributed by atoms with Crippen LogP contribution >= 0.6 is 11.3 Å².